The molecule has 3 radical (unpaired) electrons. The third-order valence-corrected chi connectivity index (χ3v) is 13.7. The molecule has 5 heterocycles. The number of hydrogen-bond acceptors (Lipinski definition) is 17. The average Bonchev–Trinajstić information content (AvgIpc) is 3.57. The van der Waals surface area contributed by atoms with Crippen molar-refractivity contribution in [3.8, 4) is 28.7 Å². The molecule has 4 aliphatic heterocycles. The first-order valence-electron chi connectivity index (χ1n) is 20.1. The van der Waals surface area contributed by atoms with Gasteiger partial charge in [-0.3, -0.25) is 24.1 Å². The van der Waals surface area contributed by atoms with Gasteiger partial charge < -0.3 is 49.3 Å². The van der Waals surface area contributed by atoms with Crippen LogP contribution in [-0.2, 0) is 34.3 Å². The molecule has 5 aromatic rings. The number of hydrogen-bond donors (Lipinski definition) is 5. The number of esters is 3. The van der Waals surface area contributed by atoms with Crippen LogP contribution < -0.4 is 25.7 Å². The summed E-state index contributed by atoms with van der Waals surface area (Å²) >= 11 is 8.77. The Hall–Kier alpha value is -2.68. The molecule has 0 aliphatic carbocycles. The number of aromatic hydroxyl groups is 2. The minimum Gasteiger partial charge on any atom is -0.508 e. The van der Waals surface area contributed by atoms with Gasteiger partial charge in [-0.25, -0.2) is 14.4 Å². The molecule has 1 saturated heterocycles. The second-order valence-electron chi connectivity index (χ2n) is 15.2. The van der Waals surface area contributed by atoms with Gasteiger partial charge in [0.1, 0.15) is 51.3 Å². The largest absolute Gasteiger partial charge is 0.508 e. The molecular formula is C45H34Ac3ClN3O15S2. The van der Waals surface area contributed by atoms with Gasteiger partial charge in [0.15, 0.2) is 18.1 Å². The third kappa shape index (κ3) is 10.7. The van der Waals surface area contributed by atoms with Gasteiger partial charge in [-0.2, -0.15) is 0 Å². The number of nitrogens with one attached hydrogen (secondary N) is 2. The van der Waals surface area contributed by atoms with E-state index in [0.717, 1.165) is 0 Å². The zero-order chi connectivity index (χ0) is 46.6. The third-order valence-electron chi connectivity index (χ3n) is 11.0. The molecule has 4 aromatic carbocycles. The molecule has 347 valence electrons. The molecule has 5 N–H and O–H groups in total. The molecule has 1 aromatic heterocycles. The number of ether oxygens (including phenoxy) is 4. The van der Waals surface area contributed by atoms with E-state index in [4.69, 9.17) is 35.0 Å². The van der Waals surface area contributed by atoms with E-state index in [-0.39, 0.29) is 206 Å². The van der Waals surface area contributed by atoms with Gasteiger partial charge in [-0.05, 0) is 60.5 Å². The smallest absolute Gasteiger partial charge is 0.357 e. The number of phenolic OH excluding ortho intramolecular Hbond substituents is 2. The number of amides is 3. The Balaban J connectivity index is 0.00000261. The Kier molecular flexibility index (Phi) is 18.6. The fraction of sp³-hybridized carbons (Fsp3) is 0.222. The minimum absolute atomic E-state index is 0. The number of phenols is 2. The zero-order valence-electron chi connectivity index (χ0n) is 35.9. The van der Waals surface area contributed by atoms with Crippen molar-refractivity contribution < 1.29 is 200 Å². The van der Waals surface area contributed by atoms with Crippen molar-refractivity contribution in [3.05, 3.63) is 127 Å². The maximum absolute atomic E-state index is 13.7. The predicted molar refractivity (Wildman–Crippen MR) is 234 cm³/mol. The van der Waals surface area contributed by atoms with Crippen LogP contribution in [0.5, 0.6) is 28.7 Å². The molecule has 9 rings (SSSR count). The van der Waals surface area contributed by atoms with E-state index in [1.807, 2.05) is 0 Å². The van der Waals surface area contributed by atoms with Gasteiger partial charge in [0, 0.05) is 195 Å². The summed E-state index contributed by atoms with van der Waals surface area (Å²) in [6.07, 6.45) is 0.690. The van der Waals surface area contributed by atoms with E-state index >= 15 is 0 Å². The van der Waals surface area contributed by atoms with Gasteiger partial charge in [0.05, 0.1) is 17.1 Å². The Morgan fingerprint density at radius 2 is 1.61 bits per heavy atom. The fourth-order valence-electron chi connectivity index (χ4n) is 8.07. The summed E-state index contributed by atoms with van der Waals surface area (Å²) in [5.74, 6) is -3.91. The summed E-state index contributed by atoms with van der Waals surface area (Å²) < 4.78 is 27.6. The van der Waals surface area contributed by atoms with Crippen molar-refractivity contribution >= 4 is 81.7 Å². The second-order valence-corrected chi connectivity index (χ2v) is 17.7. The molecule has 2 atom stereocenters. The molecule has 1 fully saturated rings. The molecule has 1 spiro atoms. The minimum atomic E-state index is -1.46. The summed E-state index contributed by atoms with van der Waals surface area (Å²) in [5.41, 5.74) is -0.926. The van der Waals surface area contributed by atoms with Crippen LogP contribution >= 0.6 is 35.1 Å². The second kappa shape index (κ2) is 23.0. The van der Waals surface area contributed by atoms with E-state index in [1.165, 1.54) is 70.9 Å². The van der Waals surface area contributed by atoms with Crippen molar-refractivity contribution in [3.63, 3.8) is 0 Å². The Morgan fingerprint density at radius 3 is 2.28 bits per heavy atom. The first-order valence-corrected chi connectivity index (χ1v) is 22.5. The molecule has 0 bridgehead atoms. The van der Waals surface area contributed by atoms with Crippen LogP contribution in [0.25, 0.3) is 11.0 Å². The maximum Gasteiger partial charge on any atom is 0.357 e. The van der Waals surface area contributed by atoms with Crippen LogP contribution in [-0.4, -0.2) is 92.1 Å². The molecule has 18 nitrogen and oxygen atoms in total. The monoisotopic (exact) mass is 1640 g/mol. The molecule has 2 unspecified atom stereocenters. The number of fused-ring (bicyclic) bond motifs is 8. The average molecular weight is 1640 g/mol. The quantitative estimate of drug-likeness (QED) is 0.0281. The van der Waals surface area contributed by atoms with Crippen molar-refractivity contribution in [2.45, 2.75) is 41.7 Å². The van der Waals surface area contributed by atoms with E-state index < -0.39 is 77.2 Å². The van der Waals surface area contributed by atoms with Gasteiger partial charge >= 0.3 is 23.5 Å². The number of β-lactam (4-membered cyclic amide) rings is 1. The Bertz CT molecular complexity index is 3010. The molecule has 69 heavy (non-hydrogen) atoms. The van der Waals surface area contributed by atoms with Crippen LogP contribution in [0, 0.1) is 132 Å². The number of benzene rings is 4. The van der Waals surface area contributed by atoms with E-state index in [0.29, 0.717) is 33.6 Å². The van der Waals surface area contributed by atoms with Gasteiger partial charge in [-0.15, -0.1) is 23.5 Å². The van der Waals surface area contributed by atoms with Crippen LogP contribution in [0.1, 0.15) is 57.2 Å². The number of thioether (sulfide) groups is 2. The number of aliphatic hydroxyl groups excluding tert-OH is 1. The molecule has 4 aliphatic rings. The summed E-state index contributed by atoms with van der Waals surface area (Å²) in [6.45, 7) is 0.190. The van der Waals surface area contributed by atoms with Crippen molar-refractivity contribution in [2.24, 2.45) is 0 Å². The summed E-state index contributed by atoms with van der Waals surface area (Å²) in [4.78, 5) is 93.1. The number of carbonyl (C=O) groups excluding carboxylic acids is 6. The van der Waals surface area contributed by atoms with Gasteiger partial charge in [0.25, 0.3) is 11.8 Å². The Labute approximate surface area is 511 Å². The van der Waals surface area contributed by atoms with E-state index in [1.54, 1.807) is 37.3 Å². The van der Waals surface area contributed by atoms with Gasteiger partial charge in [0.2, 0.25) is 5.91 Å². The van der Waals surface area contributed by atoms with E-state index in [9.17, 15) is 48.9 Å². The number of aliphatic hydroxyl groups is 1. The SMILES string of the molecule is CCCC(=O)Oc1cc2oc(=O)c(C(=O)NCC(=O)NC3C(=O)N4C(C(=O)OCO)=C(CSc5ccc6c(c5)C(=O)OC65c6ccc(O)cc6Oc6cc(O)ccc65)CSC34)cc2cc1Cl.[Ac].[Ac].[Ac]. The number of halogens is 1. The summed E-state index contributed by atoms with van der Waals surface area (Å²) in [5, 5.41) is 34.3. The zero-order valence-corrected chi connectivity index (χ0v) is 52.6. The normalized spacial score (nSPS) is 16.7. The molecule has 3 amide bonds. The molecular weight excluding hydrogens is 1600 g/mol. The summed E-state index contributed by atoms with van der Waals surface area (Å²) in [6, 6.07) is 16.7. The standard InChI is InChI=1S/C45H34ClN3O15S2.3Ac/c1-2-3-36(54)62-34-15-31-20(11-30(34)46)10-26(42(57)63-31)39(55)47-16-35(53)48-37-40(56)49-38(44(59)60-19-50)21(18-66-41(37)49)17-65-24-6-9-27-25(14-24)43(58)64-45(27)28-7-4-22(51)12-32(28)61-33-13-23(52)5-8-29(33)45;;;/h4-15,37,41,50-52H,2-3,16-19H2,1H3,(H,47,55)(H,48,53);;;. The first kappa shape index (κ1) is 55.6. The maximum atomic E-state index is 13.7. The van der Waals surface area contributed by atoms with Crippen LogP contribution in [0.15, 0.2) is 98.2 Å². The van der Waals surface area contributed by atoms with Crippen LogP contribution in [0.2, 0.25) is 5.02 Å². The van der Waals surface area contributed by atoms with Crippen molar-refractivity contribution in [2.75, 3.05) is 24.8 Å². The molecule has 0 saturated carbocycles. The van der Waals surface area contributed by atoms with Crippen LogP contribution in [0.4, 0.5) is 0 Å². The number of carbonyl (C=O) groups is 6. The predicted octanol–water partition coefficient (Wildman–Crippen LogP) is 4.80. The molecule has 24 heteroatoms. The topological polar surface area (TPSA) is 258 Å². The Morgan fingerprint density at radius 1 is 0.928 bits per heavy atom. The summed E-state index contributed by atoms with van der Waals surface area (Å²) in [7, 11) is 0. The number of rotatable bonds is 12. The van der Waals surface area contributed by atoms with Crippen molar-refractivity contribution in [1.82, 2.24) is 15.5 Å². The van der Waals surface area contributed by atoms with Crippen LogP contribution in [0.3, 0.4) is 0 Å². The fourth-order valence-corrected chi connectivity index (χ4v) is 10.7. The van der Waals surface area contributed by atoms with Gasteiger partial charge in [-0.1, -0.05) is 24.6 Å². The first-order chi connectivity index (χ1) is 31.7. The number of nitrogens with zero attached hydrogens (tertiary/aromatic N) is 1. The van der Waals surface area contributed by atoms with Crippen molar-refractivity contribution in [1.29, 1.82) is 0 Å². The van der Waals surface area contributed by atoms with E-state index in [2.05, 4.69) is 10.6 Å².